The molecule has 0 unspecified atom stereocenters. The average molecular weight is 383 g/mol. The van der Waals surface area contributed by atoms with Crippen molar-refractivity contribution in [1.82, 2.24) is 0 Å². The zero-order valence-electron chi connectivity index (χ0n) is 16.8. The highest BCUT2D eigenvalue weighted by Gasteiger charge is 2.13. The zero-order chi connectivity index (χ0) is 20.6. The number of amides is 1. The standard InChI is InChI=1S/C25H25N3O/c1-19(2)22-11-13-23(14-12-22)27-25(29)18-28(17-20-7-4-3-5-8-20)24-10-6-9-21(15-24)16-26/h3-15,19H,17-18H2,1-2H3,(H,27,29). The van der Waals surface area contributed by atoms with Crippen molar-refractivity contribution < 1.29 is 4.79 Å². The minimum atomic E-state index is -0.0967. The van der Waals surface area contributed by atoms with Gasteiger partial charge in [0.2, 0.25) is 5.91 Å². The lowest BCUT2D eigenvalue weighted by Gasteiger charge is -2.24. The number of hydrogen-bond acceptors (Lipinski definition) is 3. The molecule has 0 atom stereocenters. The Morgan fingerprint density at radius 1 is 1.00 bits per heavy atom. The fourth-order valence-corrected chi connectivity index (χ4v) is 3.14. The summed E-state index contributed by atoms with van der Waals surface area (Å²) in [6, 6.07) is 27.5. The summed E-state index contributed by atoms with van der Waals surface area (Å²) in [5.74, 6) is 0.356. The molecule has 0 fully saturated rings. The fraction of sp³-hybridized carbons (Fsp3) is 0.200. The van der Waals surface area contributed by atoms with Crippen molar-refractivity contribution in [3.8, 4) is 6.07 Å². The Morgan fingerprint density at radius 2 is 1.72 bits per heavy atom. The van der Waals surface area contributed by atoms with E-state index < -0.39 is 0 Å². The molecule has 0 saturated heterocycles. The molecule has 1 N–H and O–H groups in total. The van der Waals surface area contributed by atoms with E-state index in [2.05, 4.69) is 25.2 Å². The molecule has 146 valence electrons. The molecule has 0 radical (unpaired) electrons. The second-order valence-electron chi connectivity index (χ2n) is 7.33. The van der Waals surface area contributed by atoms with Gasteiger partial charge < -0.3 is 10.2 Å². The summed E-state index contributed by atoms with van der Waals surface area (Å²) in [5, 5.41) is 12.2. The summed E-state index contributed by atoms with van der Waals surface area (Å²) >= 11 is 0. The minimum absolute atomic E-state index is 0.0967. The Balaban J connectivity index is 1.76. The lowest BCUT2D eigenvalue weighted by atomic mass is 10.0. The van der Waals surface area contributed by atoms with Crippen LogP contribution in [0.25, 0.3) is 0 Å². The number of hydrogen-bond donors (Lipinski definition) is 1. The lowest BCUT2D eigenvalue weighted by Crippen LogP contribution is -2.33. The van der Waals surface area contributed by atoms with Crippen LogP contribution < -0.4 is 10.2 Å². The highest BCUT2D eigenvalue weighted by Crippen LogP contribution is 2.20. The van der Waals surface area contributed by atoms with E-state index in [0.29, 0.717) is 18.0 Å². The summed E-state index contributed by atoms with van der Waals surface area (Å²) < 4.78 is 0. The molecular formula is C25H25N3O. The number of carbonyl (C=O) groups is 1. The molecule has 4 nitrogen and oxygen atoms in total. The molecule has 3 rings (SSSR count). The van der Waals surface area contributed by atoms with Gasteiger partial charge in [0, 0.05) is 17.9 Å². The van der Waals surface area contributed by atoms with Gasteiger partial charge in [-0.15, -0.1) is 0 Å². The number of rotatable bonds is 7. The number of benzene rings is 3. The number of nitriles is 1. The maximum Gasteiger partial charge on any atom is 0.243 e. The molecule has 0 spiro atoms. The summed E-state index contributed by atoms with van der Waals surface area (Å²) in [6.45, 7) is 5.06. The molecule has 0 aliphatic carbocycles. The summed E-state index contributed by atoms with van der Waals surface area (Å²) in [4.78, 5) is 14.7. The van der Waals surface area contributed by atoms with E-state index in [4.69, 9.17) is 0 Å². The van der Waals surface area contributed by atoms with Crippen LogP contribution in [0.1, 0.15) is 36.5 Å². The molecule has 1 amide bonds. The minimum Gasteiger partial charge on any atom is -0.358 e. The molecular weight excluding hydrogens is 358 g/mol. The van der Waals surface area contributed by atoms with Gasteiger partial charge in [-0.05, 0) is 47.4 Å². The number of anilines is 2. The SMILES string of the molecule is CC(C)c1ccc(NC(=O)CN(Cc2ccccc2)c2cccc(C#N)c2)cc1. The molecule has 4 heteroatoms. The monoisotopic (exact) mass is 383 g/mol. The van der Waals surface area contributed by atoms with E-state index >= 15 is 0 Å². The average Bonchev–Trinajstić information content (AvgIpc) is 2.74. The lowest BCUT2D eigenvalue weighted by molar-refractivity contribution is -0.115. The van der Waals surface area contributed by atoms with Gasteiger partial charge in [-0.25, -0.2) is 0 Å². The molecule has 0 saturated carbocycles. The number of carbonyl (C=O) groups excluding carboxylic acids is 1. The first kappa shape index (κ1) is 20.2. The summed E-state index contributed by atoms with van der Waals surface area (Å²) in [5.41, 5.74) is 4.54. The van der Waals surface area contributed by atoms with E-state index in [1.54, 1.807) is 6.07 Å². The van der Waals surface area contributed by atoms with Crippen molar-refractivity contribution >= 4 is 17.3 Å². The molecule has 0 aliphatic rings. The Labute approximate surface area is 172 Å². The van der Waals surface area contributed by atoms with Crippen molar-refractivity contribution in [3.05, 3.63) is 95.6 Å². The smallest absolute Gasteiger partial charge is 0.243 e. The maximum atomic E-state index is 12.7. The van der Waals surface area contributed by atoms with Crippen LogP contribution in [0.2, 0.25) is 0 Å². The Bertz CT molecular complexity index is 989. The van der Waals surface area contributed by atoms with Gasteiger partial charge in [0.25, 0.3) is 0 Å². The van der Waals surface area contributed by atoms with Crippen LogP contribution >= 0.6 is 0 Å². The second kappa shape index (κ2) is 9.57. The summed E-state index contributed by atoms with van der Waals surface area (Å²) in [7, 11) is 0. The Kier molecular flexibility index (Phi) is 6.65. The van der Waals surface area contributed by atoms with Gasteiger partial charge in [-0.1, -0.05) is 62.4 Å². The molecule has 0 aromatic heterocycles. The van der Waals surface area contributed by atoms with E-state index in [9.17, 15) is 10.1 Å². The predicted molar refractivity (Wildman–Crippen MR) is 118 cm³/mol. The van der Waals surface area contributed by atoms with Gasteiger partial charge >= 0.3 is 0 Å². The van der Waals surface area contributed by atoms with E-state index in [-0.39, 0.29) is 12.5 Å². The predicted octanol–water partition coefficient (Wildman–Crippen LogP) is 5.33. The van der Waals surface area contributed by atoms with Crippen molar-refractivity contribution in [2.45, 2.75) is 26.3 Å². The highest BCUT2D eigenvalue weighted by molar-refractivity contribution is 5.94. The van der Waals surface area contributed by atoms with E-state index in [0.717, 1.165) is 16.9 Å². The van der Waals surface area contributed by atoms with Crippen LogP contribution in [0.5, 0.6) is 0 Å². The van der Waals surface area contributed by atoms with Crippen LogP contribution in [0.15, 0.2) is 78.9 Å². The van der Waals surface area contributed by atoms with E-state index in [1.165, 1.54) is 5.56 Å². The van der Waals surface area contributed by atoms with Crippen LogP contribution in [0.4, 0.5) is 11.4 Å². The zero-order valence-corrected chi connectivity index (χ0v) is 16.8. The number of nitrogens with one attached hydrogen (secondary N) is 1. The highest BCUT2D eigenvalue weighted by atomic mass is 16.2. The Hall–Kier alpha value is -3.58. The molecule has 29 heavy (non-hydrogen) atoms. The third kappa shape index (κ3) is 5.70. The van der Waals surface area contributed by atoms with Gasteiger partial charge in [-0.2, -0.15) is 5.26 Å². The van der Waals surface area contributed by atoms with Gasteiger partial charge in [0.15, 0.2) is 0 Å². The first-order valence-electron chi connectivity index (χ1n) is 9.74. The third-order valence-corrected chi connectivity index (χ3v) is 4.75. The van der Waals surface area contributed by atoms with Crippen molar-refractivity contribution in [1.29, 1.82) is 5.26 Å². The van der Waals surface area contributed by atoms with Crippen LogP contribution in [-0.2, 0) is 11.3 Å². The molecule has 0 aliphatic heterocycles. The van der Waals surface area contributed by atoms with Crippen molar-refractivity contribution in [3.63, 3.8) is 0 Å². The first-order valence-corrected chi connectivity index (χ1v) is 9.74. The molecule has 0 heterocycles. The van der Waals surface area contributed by atoms with Crippen molar-refractivity contribution in [2.24, 2.45) is 0 Å². The van der Waals surface area contributed by atoms with Crippen molar-refractivity contribution in [2.75, 3.05) is 16.8 Å². The maximum absolute atomic E-state index is 12.7. The fourth-order valence-electron chi connectivity index (χ4n) is 3.14. The Morgan fingerprint density at radius 3 is 2.38 bits per heavy atom. The van der Waals surface area contributed by atoms with Crippen LogP contribution in [0.3, 0.4) is 0 Å². The third-order valence-electron chi connectivity index (χ3n) is 4.75. The molecule has 3 aromatic rings. The topological polar surface area (TPSA) is 56.1 Å². The van der Waals surface area contributed by atoms with Gasteiger partial charge in [0.05, 0.1) is 18.2 Å². The van der Waals surface area contributed by atoms with E-state index in [1.807, 2.05) is 77.7 Å². The molecule has 0 bridgehead atoms. The first-order chi connectivity index (χ1) is 14.0. The number of nitrogens with zero attached hydrogens (tertiary/aromatic N) is 2. The largest absolute Gasteiger partial charge is 0.358 e. The second-order valence-corrected chi connectivity index (χ2v) is 7.33. The molecule has 3 aromatic carbocycles. The van der Waals surface area contributed by atoms with Crippen LogP contribution in [-0.4, -0.2) is 12.5 Å². The normalized spacial score (nSPS) is 10.4. The quantitative estimate of drug-likeness (QED) is 0.600. The van der Waals surface area contributed by atoms with Gasteiger partial charge in [0.1, 0.15) is 0 Å². The summed E-state index contributed by atoms with van der Waals surface area (Å²) in [6.07, 6.45) is 0. The van der Waals surface area contributed by atoms with Gasteiger partial charge in [-0.3, -0.25) is 4.79 Å². The van der Waals surface area contributed by atoms with Crippen LogP contribution in [0, 0.1) is 11.3 Å².